The Morgan fingerprint density at radius 3 is 3.10 bits per heavy atom. The van der Waals surface area contributed by atoms with Crippen LogP contribution < -0.4 is 5.32 Å². The first kappa shape index (κ1) is 13.0. The molecule has 3 heterocycles. The number of nitrogens with one attached hydrogen (secondary N) is 1. The molecule has 20 heavy (non-hydrogen) atoms. The van der Waals surface area contributed by atoms with Gasteiger partial charge in [-0.25, -0.2) is 4.98 Å². The van der Waals surface area contributed by atoms with Gasteiger partial charge in [-0.15, -0.1) is 11.3 Å². The third-order valence-electron chi connectivity index (χ3n) is 3.13. The summed E-state index contributed by atoms with van der Waals surface area (Å²) in [6, 6.07) is 1.78. The lowest BCUT2D eigenvalue weighted by Crippen LogP contribution is -2.29. The minimum atomic E-state index is -0.412. The summed E-state index contributed by atoms with van der Waals surface area (Å²) in [5.41, 5.74) is 1.27. The normalized spacial score (nSPS) is 22.1. The van der Waals surface area contributed by atoms with Crippen molar-refractivity contribution in [3.05, 3.63) is 39.9 Å². The standard InChI is InChI=1S/C13H13N3O3S/c1-8-2-3-9(7-19-8)15-12-11(16(17)18)6-14-10-4-5-20-13(10)12/h2-6,8-9H,7H2,1H3,(H,14,15)/t8?,9-/m0/s1. The van der Waals surface area contributed by atoms with E-state index in [2.05, 4.69) is 10.3 Å². The van der Waals surface area contributed by atoms with Crippen LogP contribution in [0, 0.1) is 10.1 Å². The molecule has 0 amide bonds. The Labute approximate surface area is 119 Å². The molecule has 104 valence electrons. The lowest BCUT2D eigenvalue weighted by atomic mass is 10.2. The monoisotopic (exact) mass is 291 g/mol. The van der Waals surface area contributed by atoms with E-state index in [0.717, 1.165) is 10.2 Å². The fourth-order valence-electron chi connectivity index (χ4n) is 2.11. The minimum Gasteiger partial charge on any atom is -0.372 e. The van der Waals surface area contributed by atoms with Crippen molar-refractivity contribution in [2.24, 2.45) is 0 Å². The van der Waals surface area contributed by atoms with E-state index in [0.29, 0.717) is 12.3 Å². The number of nitro groups is 1. The summed E-state index contributed by atoms with van der Waals surface area (Å²) in [6.07, 6.45) is 5.31. The molecule has 1 aliphatic rings. The van der Waals surface area contributed by atoms with Crippen LogP contribution in [0.25, 0.3) is 10.2 Å². The highest BCUT2D eigenvalue weighted by Gasteiger charge is 2.22. The van der Waals surface area contributed by atoms with Gasteiger partial charge in [-0.2, -0.15) is 0 Å². The van der Waals surface area contributed by atoms with E-state index in [9.17, 15) is 10.1 Å². The number of anilines is 1. The zero-order valence-corrected chi connectivity index (χ0v) is 11.6. The van der Waals surface area contributed by atoms with Crippen LogP contribution >= 0.6 is 11.3 Å². The topological polar surface area (TPSA) is 77.3 Å². The highest BCUT2D eigenvalue weighted by molar-refractivity contribution is 7.17. The lowest BCUT2D eigenvalue weighted by molar-refractivity contribution is -0.384. The van der Waals surface area contributed by atoms with Crippen LogP contribution in [0.5, 0.6) is 0 Å². The number of aromatic nitrogens is 1. The maximum atomic E-state index is 11.2. The van der Waals surface area contributed by atoms with Crippen LogP contribution in [-0.2, 0) is 4.74 Å². The van der Waals surface area contributed by atoms with Gasteiger partial charge in [0.1, 0.15) is 11.9 Å². The van der Waals surface area contributed by atoms with Crippen molar-refractivity contribution in [3.63, 3.8) is 0 Å². The third kappa shape index (κ3) is 2.37. The van der Waals surface area contributed by atoms with Gasteiger partial charge in [0.25, 0.3) is 0 Å². The molecule has 1 aliphatic heterocycles. The molecule has 0 aromatic carbocycles. The maximum absolute atomic E-state index is 11.2. The van der Waals surface area contributed by atoms with Gasteiger partial charge in [-0.3, -0.25) is 10.1 Å². The highest BCUT2D eigenvalue weighted by Crippen LogP contribution is 2.35. The first-order chi connectivity index (χ1) is 9.65. The van der Waals surface area contributed by atoms with Gasteiger partial charge in [-0.1, -0.05) is 12.2 Å². The van der Waals surface area contributed by atoms with E-state index >= 15 is 0 Å². The fourth-order valence-corrected chi connectivity index (χ4v) is 2.97. The summed E-state index contributed by atoms with van der Waals surface area (Å²) in [7, 11) is 0. The first-order valence-electron chi connectivity index (χ1n) is 6.22. The van der Waals surface area contributed by atoms with Gasteiger partial charge in [-0.05, 0) is 18.4 Å². The van der Waals surface area contributed by atoms with Crippen molar-refractivity contribution >= 4 is 32.9 Å². The summed E-state index contributed by atoms with van der Waals surface area (Å²) >= 11 is 1.44. The van der Waals surface area contributed by atoms with E-state index in [-0.39, 0.29) is 17.8 Å². The second-order valence-corrected chi connectivity index (χ2v) is 5.50. The molecule has 0 saturated heterocycles. The Morgan fingerprint density at radius 2 is 2.40 bits per heavy atom. The molecule has 2 aromatic rings. The SMILES string of the molecule is CC1C=C[C@H](Nc2c([N+](=O)[O-])cnc3ccsc23)CO1. The third-order valence-corrected chi connectivity index (χ3v) is 4.05. The molecule has 2 aromatic heterocycles. The van der Waals surface area contributed by atoms with E-state index in [1.165, 1.54) is 17.5 Å². The summed E-state index contributed by atoms with van der Waals surface area (Å²) in [4.78, 5) is 14.9. The number of thiophene rings is 1. The second-order valence-electron chi connectivity index (χ2n) is 4.58. The zero-order valence-electron chi connectivity index (χ0n) is 10.8. The Morgan fingerprint density at radius 1 is 1.55 bits per heavy atom. The van der Waals surface area contributed by atoms with Gasteiger partial charge < -0.3 is 10.1 Å². The molecule has 3 rings (SSSR count). The molecule has 0 radical (unpaired) electrons. The van der Waals surface area contributed by atoms with E-state index in [1.54, 1.807) is 0 Å². The molecule has 0 aliphatic carbocycles. The van der Waals surface area contributed by atoms with Crippen LogP contribution in [0.2, 0.25) is 0 Å². The Hall–Kier alpha value is -1.99. The van der Waals surface area contributed by atoms with Gasteiger partial charge >= 0.3 is 5.69 Å². The molecule has 2 atom stereocenters. The second kappa shape index (κ2) is 5.18. The molecule has 0 spiro atoms. The Bertz CT molecular complexity index is 683. The van der Waals surface area contributed by atoms with Crippen LogP contribution in [0.1, 0.15) is 6.92 Å². The quantitative estimate of drug-likeness (QED) is 0.534. The molecule has 1 N–H and O–H groups in total. The smallest absolute Gasteiger partial charge is 0.311 e. The van der Waals surface area contributed by atoms with Crippen molar-refractivity contribution in [2.75, 3.05) is 11.9 Å². The van der Waals surface area contributed by atoms with Gasteiger partial charge in [0.2, 0.25) is 0 Å². The summed E-state index contributed by atoms with van der Waals surface area (Å²) < 4.78 is 6.32. The molecule has 0 saturated carbocycles. The van der Waals surface area contributed by atoms with Crippen molar-refractivity contribution in [2.45, 2.75) is 19.1 Å². The van der Waals surface area contributed by atoms with Crippen molar-refractivity contribution in [3.8, 4) is 0 Å². The highest BCUT2D eigenvalue weighted by atomic mass is 32.1. The zero-order chi connectivity index (χ0) is 14.1. The summed E-state index contributed by atoms with van der Waals surface area (Å²) in [5.74, 6) is 0. The predicted molar refractivity (Wildman–Crippen MR) is 78.2 cm³/mol. The lowest BCUT2D eigenvalue weighted by Gasteiger charge is -2.23. The molecular formula is C13H13N3O3S. The number of pyridine rings is 1. The number of hydrogen-bond donors (Lipinski definition) is 1. The molecule has 0 fully saturated rings. The van der Waals surface area contributed by atoms with E-state index in [1.807, 2.05) is 30.5 Å². The molecule has 0 bridgehead atoms. The summed E-state index contributed by atoms with van der Waals surface area (Å²) in [5, 5.41) is 16.2. The number of fused-ring (bicyclic) bond motifs is 1. The number of rotatable bonds is 3. The molecule has 7 heteroatoms. The average molecular weight is 291 g/mol. The molecular weight excluding hydrogens is 278 g/mol. The summed E-state index contributed by atoms with van der Waals surface area (Å²) in [6.45, 7) is 2.45. The average Bonchev–Trinajstić information content (AvgIpc) is 2.90. The van der Waals surface area contributed by atoms with Gasteiger partial charge in [0.05, 0.1) is 33.9 Å². The maximum Gasteiger partial charge on any atom is 0.311 e. The van der Waals surface area contributed by atoms with Crippen molar-refractivity contribution in [1.29, 1.82) is 0 Å². The van der Waals surface area contributed by atoms with Crippen LogP contribution in [-0.4, -0.2) is 28.7 Å². The molecule has 1 unspecified atom stereocenters. The number of nitrogens with zero attached hydrogens (tertiary/aromatic N) is 2. The van der Waals surface area contributed by atoms with E-state index in [4.69, 9.17) is 4.74 Å². The van der Waals surface area contributed by atoms with Crippen LogP contribution in [0.15, 0.2) is 29.8 Å². The largest absolute Gasteiger partial charge is 0.372 e. The number of hydrogen-bond acceptors (Lipinski definition) is 6. The Kier molecular flexibility index (Phi) is 3.37. The molecule has 6 nitrogen and oxygen atoms in total. The van der Waals surface area contributed by atoms with Crippen molar-refractivity contribution in [1.82, 2.24) is 4.98 Å². The predicted octanol–water partition coefficient (Wildman–Crippen LogP) is 2.96. The minimum absolute atomic E-state index is 0.00743. The van der Waals surface area contributed by atoms with Crippen LogP contribution in [0.4, 0.5) is 11.4 Å². The van der Waals surface area contributed by atoms with Crippen molar-refractivity contribution < 1.29 is 9.66 Å². The van der Waals surface area contributed by atoms with Gasteiger partial charge in [0, 0.05) is 0 Å². The van der Waals surface area contributed by atoms with E-state index < -0.39 is 4.92 Å². The Balaban J connectivity index is 2.00. The first-order valence-corrected chi connectivity index (χ1v) is 7.10. The number of ether oxygens (including phenoxy) is 1. The van der Waals surface area contributed by atoms with Crippen LogP contribution in [0.3, 0.4) is 0 Å². The fraction of sp³-hybridized carbons (Fsp3) is 0.308. The van der Waals surface area contributed by atoms with Gasteiger partial charge in [0.15, 0.2) is 0 Å².